The lowest BCUT2D eigenvalue weighted by atomic mass is 9.84. The first-order valence-corrected chi connectivity index (χ1v) is 8.33. The first-order valence-electron chi connectivity index (χ1n) is 4.83. The first-order chi connectivity index (χ1) is 6.19. The van der Waals surface area contributed by atoms with Crippen molar-refractivity contribution in [2.75, 3.05) is 0 Å². The molecule has 0 aliphatic heterocycles. The lowest BCUT2D eigenvalue weighted by Gasteiger charge is -2.24. The molecule has 0 spiro atoms. The molecule has 0 saturated carbocycles. The molecular weight excluding hydrogens is 188 g/mol. The molecule has 14 heavy (non-hydrogen) atoms. The maximum Gasteiger partial charge on any atom is 0.129 e. The Morgan fingerprint density at radius 1 is 1.36 bits per heavy atom. The molecular formula is C12H20OSi. The minimum atomic E-state index is -1.39. The summed E-state index contributed by atoms with van der Waals surface area (Å²) in [6.45, 7) is 10.3. The second-order valence-electron chi connectivity index (χ2n) is 5.29. The summed E-state index contributed by atoms with van der Waals surface area (Å²) in [5, 5.41) is 9.82. The fraction of sp³-hybridized carbons (Fsp3) is 0.667. The standard InChI is InChI=1S/C12H20OSi/c1-7-9-12(2,3)11(13)8-10-14(4,5)6/h1,11,13H,9H2,2-6H3. The molecule has 1 N–H and O–H groups in total. The molecule has 1 atom stereocenters. The summed E-state index contributed by atoms with van der Waals surface area (Å²) in [6, 6.07) is 0. The van der Waals surface area contributed by atoms with Crippen molar-refractivity contribution in [3.05, 3.63) is 0 Å². The maximum absolute atomic E-state index is 9.82. The number of terminal acetylenes is 1. The van der Waals surface area contributed by atoms with Crippen LogP contribution in [0.3, 0.4) is 0 Å². The monoisotopic (exact) mass is 208 g/mol. The van der Waals surface area contributed by atoms with E-state index in [1.165, 1.54) is 0 Å². The van der Waals surface area contributed by atoms with Gasteiger partial charge < -0.3 is 5.11 Å². The second kappa shape index (κ2) is 4.69. The van der Waals surface area contributed by atoms with Crippen LogP contribution >= 0.6 is 0 Å². The van der Waals surface area contributed by atoms with Crippen LogP contribution in [0.1, 0.15) is 20.3 Å². The summed E-state index contributed by atoms with van der Waals surface area (Å²) in [6.07, 6.45) is 5.16. The Bertz CT molecular complexity index is 280. The summed E-state index contributed by atoms with van der Waals surface area (Å²) in [7, 11) is -1.39. The Labute approximate surface area is 88.9 Å². The molecule has 0 saturated heterocycles. The minimum absolute atomic E-state index is 0.304. The van der Waals surface area contributed by atoms with Crippen molar-refractivity contribution in [3.8, 4) is 23.8 Å². The van der Waals surface area contributed by atoms with Crippen LogP contribution in [-0.4, -0.2) is 19.3 Å². The third kappa shape index (κ3) is 5.12. The number of hydrogen-bond donors (Lipinski definition) is 1. The van der Waals surface area contributed by atoms with E-state index in [9.17, 15) is 5.11 Å². The predicted octanol–water partition coefficient (Wildman–Crippen LogP) is 2.28. The van der Waals surface area contributed by atoms with E-state index < -0.39 is 14.2 Å². The van der Waals surface area contributed by atoms with E-state index in [4.69, 9.17) is 6.42 Å². The van der Waals surface area contributed by atoms with Crippen molar-refractivity contribution in [3.63, 3.8) is 0 Å². The molecule has 0 fully saturated rings. The Balaban J connectivity index is 4.55. The molecule has 1 unspecified atom stereocenters. The zero-order valence-corrected chi connectivity index (χ0v) is 10.8. The highest BCUT2D eigenvalue weighted by atomic mass is 28.3. The summed E-state index contributed by atoms with van der Waals surface area (Å²) >= 11 is 0. The van der Waals surface area contributed by atoms with Crippen LogP contribution in [0.25, 0.3) is 0 Å². The van der Waals surface area contributed by atoms with Crippen molar-refractivity contribution in [1.82, 2.24) is 0 Å². The molecule has 0 aliphatic carbocycles. The highest BCUT2D eigenvalue weighted by Crippen LogP contribution is 2.24. The third-order valence-corrected chi connectivity index (χ3v) is 2.78. The molecule has 0 amide bonds. The number of rotatable bonds is 2. The SMILES string of the molecule is C#CCC(C)(C)C(O)C#C[Si](C)(C)C. The van der Waals surface area contributed by atoms with E-state index in [1.807, 2.05) is 13.8 Å². The Morgan fingerprint density at radius 3 is 2.21 bits per heavy atom. The predicted molar refractivity (Wildman–Crippen MR) is 64.4 cm³/mol. The molecule has 0 aromatic heterocycles. The normalized spacial score (nSPS) is 13.8. The average Bonchev–Trinajstić information content (AvgIpc) is 1.98. The van der Waals surface area contributed by atoms with Crippen LogP contribution in [0, 0.1) is 29.2 Å². The van der Waals surface area contributed by atoms with Crippen molar-refractivity contribution < 1.29 is 5.11 Å². The van der Waals surface area contributed by atoms with E-state index >= 15 is 0 Å². The van der Waals surface area contributed by atoms with E-state index in [-0.39, 0.29) is 5.41 Å². The summed E-state index contributed by atoms with van der Waals surface area (Å²) in [5.74, 6) is 5.49. The van der Waals surface area contributed by atoms with Crippen LogP contribution in [0.2, 0.25) is 19.6 Å². The van der Waals surface area contributed by atoms with E-state index in [0.717, 1.165) is 0 Å². The summed E-state index contributed by atoms with van der Waals surface area (Å²) in [5.41, 5.74) is 2.85. The lowest BCUT2D eigenvalue weighted by Crippen LogP contribution is -2.28. The molecule has 78 valence electrons. The average molecular weight is 208 g/mol. The highest BCUT2D eigenvalue weighted by molar-refractivity contribution is 6.83. The minimum Gasteiger partial charge on any atom is -0.380 e. The quantitative estimate of drug-likeness (QED) is 0.545. The largest absolute Gasteiger partial charge is 0.380 e. The molecule has 0 aromatic rings. The van der Waals surface area contributed by atoms with Gasteiger partial charge in [0.2, 0.25) is 0 Å². The van der Waals surface area contributed by atoms with Crippen LogP contribution < -0.4 is 0 Å². The Morgan fingerprint density at radius 2 is 1.86 bits per heavy atom. The van der Waals surface area contributed by atoms with Crippen molar-refractivity contribution in [2.24, 2.45) is 5.41 Å². The smallest absolute Gasteiger partial charge is 0.129 e. The van der Waals surface area contributed by atoms with Gasteiger partial charge in [-0.15, -0.1) is 17.9 Å². The zero-order chi connectivity index (χ0) is 11.4. The van der Waals surface area contributed by atoms with Gasteiger partial charge in [0.05, 0.1) is 0 Å². The van der Waals surface area contributed by atoms with Gasteiger partial charge in [0.25, 0.3) is 0 Å². The Hall–Kier alpha value is -0.703. The topological polar surface area (TPSA) is 20.2 Å². The number of aliphatic hydroxyl groups is 1. The van der Waals surface area contributed by atoms with Gasteiger partial charge in [0.15, 0.2) is 0 Å². The van der Waals surface area contributed by atoms with Crippen LogP contribution in [0.4, 0.5) is 0 Å². The fourth-order valence-corrected chi connectivity index (χ4v) is 1.41. The lowest BCUT2D eigenvalue weighted by molar-refractivity contribution is 0.103. The van der Waals surface area contributed by atoms with Gasteiger partial charge in [-0.3, -0.25) is 0 Å². The fourth-order valence-electron chi connectivity index (χ4n) is 0.840. The highest BCUT2D eigenvalue weighted by Gasteiger charge is 2.25. The molecule has 2 heteroatoms. The van der Waals surface area contributed by atoms with E-state index in [1.54, 1.807) is 0 Å². The van der Waals surface area contributed by atoms with Gasteiger partial charge >= 0.3 is 0 Å². The zero-order valence-electron chi connectivity index (χ0n) is 9.81. The van der Waals surface area contributed by atoms with Crippen molar-refractivity contribution in [2.45, 2.75) is 46.0 Å². The van der Waals surface area contributed by atoms with Crippen molar-refractivity contribution in [1.29, 1.82) is 0 Å². The van der Waals surface area contributed by atoms with E-state index in [2.05, 4.69) is 37.0 Å². The molecule has 0 heterocycles. The second-order valence-corrected chi connectivity index (χ2v) is 10.0. The van der Waals surface area contributed by atoms with Crippen LogP contribution in [-0.2, 0) is 0 Å². The summed E-state index contributed by atoms with van der Waals surface area (Å²) < 4.78 is 0. The van der Waals surface area contributed by atoms with Crippen LogP contribution in [0.5, 0.6) is 0 Å². The number of aliphatic hydroxyl groups excluding tert-OH is 1. The van der Waals surface area contributed by atoms with Gasteiger partial charge in [-0.1, -0.05) is 39.4 Å². The molecule has 0 rings (SSSR count). The molecule has 0 bridgehead atoms. The first kappa shape index (κ1) is 13.3. The van der Waals surface area contributed by atoms with Gasteiger partial charge in [-0.2, -0.15) is 0 Å². The van der Waals surface area contributed by atoms with Gasteiger partial charge in [0.1, 0.15) is 14.2 Å². The Kier molecular flexibility index (Phi) is 4.45. The molecule has 0 radical (unpaired) electrons. The summed E-state index contributed by atoms with van der Waals surface area (Å²) in [4.78, 5) is 0. The maximum atomic E-state index is 9.82. The van der Waals surface area contributed by atoms with Gasteiger partial charge in [-0.25, -0.2) is 0 Å². The molecule has 0 aromatic carbocycles. The van der Waals surface area contributed by atoms with Crippen molar-refractivity contribution >= 4 is 8.07 Å². The molecule has 1 nitrogen and oxygen atoms in total. The van der Waals surface area contributed by atoms with E-state index in [0.29, 0.717) is 6.42 Å². The molecule has 0 aliphatic rings. The number of hydrogen-bond acceptors (Lipinski definition) is 1. The van der Waals surface area contributed by atoms with Gasteiger partial charge in [-0.05, 0) is 0 Å². The van der Waals surface area contributed by atoms with Gasteiger partial charge in [0, 0.05) is 11.8 Å². The van der Waals surface area contributed by atoms with Crippen LogP contribution in [0.15, 0.2) is 0 Å². The third-order valence-electron chi connectivity index (χ3n) is 1.88.